The van der Waals surface area contributed by atoms with Crippen LogP contribution in [0.2, 0.25) is 0 Å². The van der Waals surface area contributed by atoms with Crippen LogP contribution in [0.4, 0.5) is 6.01 Å². The number of nitrogens with zero attached hydrogens (tertiary/aromatic N) is 4. The number of hydrogen-bond donors (Lipinski definition) is 0. The summed E-state index contributed by atoms with van der Waals surface area (Å²) in [5.74, 6) is 1.16. The highest BCUT2D eigenvalue weighted by atomic mass is 32.2. The molecule has 0 radical (unpaired) electrons. The molecule has 8 nitrogen and oxygen atoms in total. The van der Waals surface area contributed by atoms with Gasteiger partial charge in [0.15, 0.2) is 0 Å². The summed E-state index contributed by atoms with van der Waals surface area (Å²) in [6, 6.07) is 6.94. The molecule has 0 saturated carbocycles. The molecule has 0 aliphatic carbocycles. The summed E-state index contributed by atoms with van der Waals surface area (Å²) in [4.78, 5) is 2.16. The summed E-state index contributed by atoms with van der Waals surface area (Å²) in [6.45, 7) is 5.92. The lowest BCUT2D eigenvalue weighted by Crippen LogP contribution is -2.48. The van der Waals surface area contributed by atoms with Gasteiger partial charge in [-0.05, 0) is 31.2 Å². The lowest BCUT2D eigenvalue weighted by molar-refractivity contribution is 0.340. The standard InChI is InChI=1S/C15H20N4O4S/c1-3-22-13-4-6-14(7-5-13)24(20,21)19-10-8-18(9-11-19)15-17-16-12(2)23-15/h4-7H,3,8-11H2,1-2H3. The molecule has 1 aliphatic rings. The van der Waals surface area contributed by atoms with Gasteiger partial charge in [0, 0.05) is 33.1 Å². The van der Waals surface area contributed by atoms with E-state index in [2.05, 4.69) is 10.2 Å². The number of piperazine rings is 1. The molecule has 1 aromatic heterocycles. The van der Waals surface area contributed by atoms with Crippen LogP contribution in [-0.2, 0) is 10.0 Å². The van der Waals surface area contributed by atoms with Gasteiger partial charge in [-0.1, -0.05) is 5.10 Å². The van der Waals surface area contributed by atoms with Gasteiger partial charge in [-0.15, -0.1) is 5.10 Å². The van der Waals surface area contributed by atoms with Gasteiger partial charge in [-0.3, -0.25) is 0 Å². The summed E-state index contributed by atoms with van der Waals surface area (Å²) in [5.41, 5.74) is 0. The first kappa shape index (κ1) is 16.7. The van der Waals surface area contributed by atoms with E-state index in [1.165, 1.54) is 4.31 Å². The maximum Gasteiger partial charge on any atom is 0.318 e. The van der Waals surface area contributed by atoms with Crippen LogP contribution in [0.15, 0.2) is 33.6 Å². The Morgan fingerprint density at radius 2 is 1.79 bits per heavy atom. The number of aromatic nitrogens is 2. The van der Waals surface area contributed by atoms with Crippen LogP contribution in [0, 0.1) is 6.92 Å². The number of aryl methyl sites for hydroxylation is 1. The molecule has 2 heterocycles. The predicted octanol–water partition coefficient (Wildman–Crippen LogP) is 1.29. The van der Waals surface area contributed by atoms with Gasteiger partial charge in [0.25, 0.3) is 0 Å². The van der Waals surface area contributed by atoms with Crippen LogP contribution in [0.3, 0.4) is 0 Å². The van der Waals surface area contributed by atoms with Gasteiger partial charge in [-0.2, -0.15) is 4.31 Å². The van der Waals surface area contributed by atoms with E-state index in [4.69, 9.17) is 9.15 Å². The van der Waals surface area contributed by atoms with E-state index in [9.17, 15) is 8.42 Å². The van der Waals surface area contributed by atoms with Crippen LogP contribution >= 0.6 is 0 Å². The lowest BCUT2D eigenvalue weighted by Gasteiger charge is -2.32. The van der Waals surface area contributed by atoms with Crippen molar-refractivity contribution in [3.05, 3.63) is 30.2 Å². The van der Waals surface area contributed by atoms with Crippen molar-refractivity contribution in [3.8, 4) is 5.75 Å². The normalized spacial score (nSPS) is 16.3. The summed E-state index contributed by atoms with van der Waals surface area (Å²) < 4.78 is 37.6. The van der Waals surface area contributed by atoms with E-state index < -0.39 is 10.0 Å². The summed E-state index contributed by atoms with van der Waals surface area (Å²) in [5, 5.41) is 7.77. The average molecular weight is 352 g/mol. The molecular formula is C15H20N4O4S. The first-order chi connectivity index (χ1) is 11.5. The Bertz CT molecular complexity index is 780. The fourth-order valence-corrected chi connectivity index (χ4v) is 3.98. The van der Waals surface area contributed by atoms with Crippen molar-refractivity contribution in [2.75, 3.05) is 37.7 Å². The minimum atomic E-state index is -3.51. The van der Waals surface area contributed by atoms with Crippen LogP contribution < -0.4 is 9.64 Å². The zero-order valence-corrected chi connectivity index (χ0v) is 14.5. The van der Waals surface area contributed by atoms with E-state index in [0.29, 0.717) is 50.4 Å². The first-order valence-electron chi connectivity index (χ1n) is 7.79. The molecule has 1 fully saturated rings. The number of rotatable bonds is 5. The summed E-state index contributed by atoms with van der Waals surface area (Å²) >= 11 is 0. The molecule has 3 rings (SSSR count). The Hall–Kier alpha value is -2.13. The Kier molecular flexibility index (Phi) is 4.72. The molecule has 0 unspecified atom stereocenters. The van der Waals surface area contributed by atoms with Gasteiger partial charge in [0.1, 0.15) is 5.75 Å². The predicted molar refractivity (Wildman–Crippen MR) is 87.6 cm³/mol. The number of sulfonamides is 1. The summed E-state index contributed by atoms with van der Waals surface area (Å²) in [7, 11) is -3.51. The second kappa shape index (κ2) is 6.78. The smallest absolute Gasteiger partial charge is 0.318 e. The highest BCUT2D eigenvalue weighted by Gasteiger charge is 2.30. The third-order valence-corrected chi connectivity index (χ3v) is 5.71. The number of benzene rings is 1. The van der Waals surface area contributed by atoms with Crippen LogP contribution in [0.25, 0.3) is 0 Å². The highest BCUT2D eigenvalue weighted by Crippen LogP contribution is 2.22. The third kappa shape index (κ3) is 3.36. The molecule has 0 N–H and O–H groups in total. The fraction of sp³-hybridized carbons (Fsp3) is 0.467. The van der Waals surface area contributed by atoms with Crippen molar-refractivity contribution in [1.82, 2.24) is 14.5 Å². The maximum atomic E-state index is 12.7. The van der Waals surface area contributed by atoms with Crippen molar-refractivity contribution >= 4 is 16.0 Å². The summed E-state index contributed by atoms with van der Waals surface area (Å²) in [6.07, 6.45) is 0. The van der Waals surface area contributed by atoms with Crippen LogP contribution in [0.5, 0.6) is 5.75 Å². The molecule has 130 valence electrons. The van der Waals surface area contributed by atoms with Gasteiger partial charge in [0.2, 0.25) is 15.9 Å². The van der Waals surface area contributed by atoms with Gasteiger partial charge >= 0.3 is 6.01 Å². The Morgan fingerprint density at radius 3 is 2.33 bits per heavy atom. The van der Waals surface area contributed by atoms with Gasteiger partial charge in [-0.25, -0.2) is 8.42 Å². The van der Waals surface area contributed by atoms with Crippen molar-refractivity contribution in [1.29, 1.82) is 0 Å². The number of hydrogen-bond acceptors (Lipinski definition) is 7. The van der Waals surface area contributed by atoms with Crippen LogP contribution in [0.1, 0.15) is 12.8 Å². The minimum Gasteiger partial charge on any atom is -0.494 e. The quantitative estimate of drug-likeness (QED) is 0.801. The molecule has 2 aromatic rings. The van der Waals surface area contributed by atoms with Crippen molar-refractivity contribution in [3.63, 3.8) is 0 Å². The molecule has 0 bridgehead atoms. The third-order valence-electron chi connectivity index (χ3n) is 3.80. The molecule has 0 atom stereocenters. The first-order valence-corrected chi connectivity index (χ1v) is 9.23. The van der Waals surface area contributed by atoms with Crippen molar-refractivity contribution in [2.24, 2.45) is 0 Å². The number of anilines is 1. The second-order valence-electron chi connectivity index (χ2n) is 5.40. The molecule has 1 aromatic carbocycles. The SMILES string of the molecule is CCOc1ccc(S(=O)(=O)N2CCN(c3nnc(C)o3)CC2)cc1. The zero-order valence-electron chi connectivity index (χ0n) is 13.7. The van der Waals surface area contributed by atoms with E-state index >= 15 is 0 Å². The van der Waals surface area contributed by atoms with E-state index in [-0.39, 0.29) is 4.90 Å². The van der Waals surface area contributed by atoms with Crippen LogP contribution in [-0.4, -0.2) is 55.7 Å². The largest absolute Gasteiger partial charge is 0.494 e. The molecule has 1 saturated heterocycles. The maximum absolute atomic E-state index is 12.7. The minimum absolute atomic E-state index is 0.271. The Labute approximate surface area is 141 Å². The lowest BCUT2D eigenvalue weighted by atomic mass is 10.3. The fourth-order valence-electron chi connectivity index (χ4n) is 2.56. The van der Waals surface area contributed by atoms with Crippen molar-refractivity contribution in [2.45, 2.75) is 18.7 Å². The molecular weight excluding hydrogens is 332 g/mol. The topological polar surface area (TPSA) is 88.8 Å². The second-order valence-corrected chi connectivity index (χ2v) is 7.34. The monoisotopic (exact) mass is 352 g/mol. The number of ether oxygens (including phenoxy) is 1. The van der Waals surface area contributed by atoms with E-state index in [1.807, 2.05) is 11.8 Å². The molecule has 9 heteroatoms. The molecule has 0 amide bonds. The molecule has 1 aliphatic heterocycles. The Morgan fingerprint density at radius 1 is 1.12 bits per heavy atom. The molecule has 24 heavy (non-hydrogen) atoms. The molecule has 0 spiro atoms. The average Bonchev–Trinajstić information content (AvgIpc) is 3.02. The van der Waals surface area contributed by atoms with Crippen molar-refractivity contribution < 1.29 is 17.6 Å². The Balaban J connectivity index is 1.68. The van der Waals surface area contributed by atoms with Gasteiger partial charge < -0.3 is 14.1 Å². The van der Waals surface area contributed by atoms with E-state index in [0.717, 1.165) is 0 Å². The highest BCUT2D eigenvalue weighted by molar-refractivity contribution is 7.89. The van der Waals surface area contributed by atoms with Gasteiger partial charge in [0.05, 0.1) is 11.5 Å². The van der Waals surface area contributed by atoms with E-state index in [1.54, 1.807) is 31.2 Å². The zero-order chi connectivity index (χ0) is 17.2.